The van der Waals surface area contributed by atoms with Gasteiger partial charge in [-0.25, -0.2) is 4.39 Å². The maximum absolute atomic E-state index is 14.4. The van der Waals surface area contributed by atoms with Crippen molar-refractivity contribution in [2.24, 2.45) is 0 Å². The molecule has 7 heteroatoms. The quantitative estimate of drug-likeness (QED) is 0.541. The van der Waals surface area contributed by atoms with E-state index in [4.69, 9.17) is 13.7 Å². The molecule has 5 nitrogen and oxygen atoms in total. The monoisotopic (exact) mass is 428 g/mol. The number of rotatable bonds is 6. The Morgan fingerprint density at radius 2 is 1.80 bits per heavy atom. The summed E-state index contributed by atoms with van der Waals surface area (Å²) in [7, 11) is -2.36. The lowest BCUT2D eigenvalue weighted by Gasteiger charge is -2.14. The van der Waals surface area contributed by atoms with E-state index in [0.29, 0.717) is 29.0 Å². The molecule has 0 saturated carbocycles. The molecule has 0 spiro atoms. The molecule has 0 saturated heterocycles. The average molecular weight is 428 g/mol. The SMILES string of the molecule is COc1cc2c(c(-c3ccccc3F)c1)OC(COS(=O)(=O)c1ccc(C)cc1)C2. The van der Waals surface area contributed by atoms with Gasteiger partial charge in [0.15, 0.2) is 0 Å². The third kappa shape index (κ3) is 4.04. The summed E-state index contributed by atoms with van der Waals surface area (Å²) < 4.78 is 55.9. The smallest absolute Gasteiger partial charge is 0.297 e. The Morgan fingerprint density at radius 1 is 1.07 bits per heavy atom. The minimum Gasteiger partial charge on any atom is -0.497 e. The van der Waals surface area contributed by atoms with Crippen LogP contribution in [-0.4, -0.2) is 28.2 Å². The molecule has 1 unspecified atom stereocenters. The highest BCUT2D eigenvalue weighted by atomic mass is 32.2. The maximum atomic E-state index is 14.4. The molecule has 0 amide bonds. The molecule has 0 bridgehead atoms. The fourth-order valence-corrected chi connectivity index (χ4v) is 4.37. The zero-order valence-corrected chi connectivity index (χ0v) is 17.4. The van der Waals surface area contributed by atoms with Gasteiger partial charge >= 0.3 is 0 Å². The summed E-state index contributed by atoms with van der Waals surface area (Å²) in [5.74, 6) is 0.713. The van der Waals surface area contributed by atoms with E-state index in [0.717, 1.165) is 11.1 Å². The molecule has 0 fully saturated rings. The van der Waals surface area contributed by atoms with E-state index in [1.54, 1.807) is 36.4 Å². The number of halogens is 1. The van der Waals surface area contributed by atoms with Crippen LogP contribution in [0.25, 0.3) is 11.1 Å². The number of methoxy groups -OCH3 is 1. The first-order valence-corrected chi connectivity index (χ1v) is 10.9. The third-order valence-electron chi connectivity index (χ3n) is 4.99. The van der Waals surface area contributed by atoms with Crippen molar-refractivity contribution in [1.29, 1.82) is 0 Å². The number of aryl methyl sites for hydroxylation is 1. The van der Waals surface area contributed by atoms with E-state index < -0.39 is 16.2 Å². The molecular formula is C23H21FO5S. The van der Waals surface area contributed by atoms with Gasteiger partial charge in [-0.1, -0.05) is 35.9 Å². The Balaban J connectivity index is 1.56. The number of hydrogen-bond donors (Lipinski definition) is 0. The zero-order chi connectivity index (χ0) is 21.3. The van der Waals surface area contributed by atoms with Crippen LogP contribution in [0.5, 0.6) is 11.5 Å². The molecular weight excluding hydrogens is 407 g/mol. The van der Waals surface area contributed by atoms with Crippen LogP contribution in [0.15, 0.2) is 65.6 Å². The van der Waals surface area contributed by atoms with Crippen LogP contribution in [0.4, 0.5) is 4.39 Å². The van der Waals surface area contributed by atoms with Gasteiger partial charge in [0.2, 0.25) is 0 Å². The fourth-order valence-electron chi connectivity index (χ4n) is 3.43. The molecule has 0 aliphatic carbocycles. The highest BCUT2D eigenvalue weighted by molar-refractivity contribution is 7.86. The van der Waals surface area contributed by atoms with Gasteiger partial charge in [0.05, 0.1) is 12.0 Å². The number of ether oxygens (including phenoxy) is 2. The molecule has 4 rings (SSSR count). The molecule has 1 atom stereocenters. The van der Waals surface area contributed by atoms with Gasteiger partial charge in [-0.15, -0.1) is 0 Å². The van der Waals surface area contributed by atoms with Crippen molar-refractivity contribution in [3.63, 3.8) is 0 Å². The molecule has 0 aromatic heterocycles. The molecule has 1 aliphatic heterocycles. The van der Waals surface area contributed by atoms with Crippen molar-refractivity contribution in [3.05, 3.63) is 77.6 Å². The Labute approximate surface area is 175 Å². The maximum Gasteiger partial charge on any atom is 0.297 e. The van der Waals surface area contributed by atoms with E-state index in [1.165, 1.54) is 25.3 Å². The van der Waals surface area contributed by atoms with Crippen LogP contribution in [0.1, 0.15) is 11.1 Å². The molecule has 0 radical (unpaired) electrons. The highest BCUT2D eigenvalue weighted by Crippen LogP contribution is 2.42. The predicted molar refractivity (Wildman–Crippen MR) is 111 cm³/mol. The second-order valence-electron chi connectivity index (χ2n) is 7.14. The van der Waals surface area contributed by atoms with E-state index in [1.807, 2.05) is 13.0 Å². The van der Waals surface area contributed by atoms with Crippen LogP contribution in [-0.2, 0) is 20.7 Å². The van der Waals surface area contributed by atoms with Crippen molar-refractivity contribution in [1.82, 2.24) is 0 Å². The molecule has 1 heterocycles. The summed E-state index contributed by atoms with van der Waals surface area (Å²) in [6.45, 7) is 1.73. The van der Waals surface area contributed by atoms with Crippen LogP contribution in [0.3, 0.4) is 0 Å². The van der Waals surface area contributed by atoms with Gasteiger partial charge < -0.3 is 9.47 Å². The fraction of sp³-hybridized carbons (Fsp3) is 0.217. The van der Waals surface area contributed by atoms with Crippen molar-refractivity contribution >= 4 is 10.1 Å². The first kappa shape index (κ1) is 20.4. The van der Waals surface area contributed by atoms with Gasteiger partial charge in [0.1, 0.15) is 30.0 Å². The van der Waals surface area contributed by atoms with Crippen LogP contribution < -0.4 is 9.47 Å². The van der Waals surface area contributed by atoms with Crippen molar-refractivity contribution in [3.8, 4) is 22.6 Å². The first-order chi connectivity index (χ1) is 14.4. The molecule has 0 N–H and O–H groups in total. The minimum atomic E-state index is -3.90. The second kappa shape index (κ2) is 8.08. The van der Waals surface area contributed by atoms with E-state index in [-0.39, 0.29) is 17.3 Å². The van der Waals surface area contributed by atoms with Crippen LogP contribution in [0, 0.1) is 12.7 Å². The summed E-state index contributed by atoms with van der Waals surface area (Å²) in [4.78, 5) is 0.0947. The van der Waals surface area contributed by atoms with Gasteiger partial charge in [0, 0.05) is 23.1 Å². The normalized spacial score (nSPS) is 15.5. The Hall–Kier alpha value is -2.90. The zero-order valence-electron chi connectivity index (χ0n) is 16.6. The summed E-state index contributed by atoms with van der Waals surface area (Å²) in [6.07, 6.45) is -0.0879. The number of fused-ring (bicyclic) bond motifs is 1. The Morgan fingerprint density at radius 3 is 2.50 bits per heavy atom. The Kier molecular flexibility index (Phi) is 5.49. The molecule has 3 aromatic rings. The lowest BCUT2D eigenvalue weighted by Crippen LogP contribution is -2.23. The largest absolute Gasteiger partial charge is 0.497 e. The molecule has 1 aliphatic rings. The molecule has 30 heavy (non-hydrogen) atoms. The van der Waals surface area contributed by atoms with Gasteiger partial charge in [-0.05, 0) is 37.3 Å². The summed E-state index contributed by atoms with van der Waals surface area (Å²) in [5.41, 5.74) is 2.72. The lowest BCUT2D eigenvalue weighted by molar-refractivity contribution is 0.152. The average Bonchev–Trinajstić information content (AvgIpc) is 3.15. The standard InChI is InChI=1S/C23H21FO5S/c1-15-7-9-19(10-8-15)30(25,26)28-14-18-12-16-11-17(27-2)13-21(23(16)29-18)20-5-3-4-6-22(20)24/h3-11,13,18H,12,14H2,1-2H3. The van der Waals surface area contributed by atoms with E-state index >= 15 is 0 Å². The van der Waals surface area contributed by atoms with Gasteiger partial charge in [-0.2, -0.15) is 8.42 Å². The van der Waals surface area contributed by atoms with Crippen molar-refractivity contribution < 1.29 is 26.5 Å². The second-order valence-corrected chi connectivity index (χ2v) is 8.75. The van der Waals surface area contributed by atoms with E-state index in [9.17, 15) is 12.8 Å². The van der Waals surface area contributed by atoms with Crippen LogP contribution in [0.2, 0.25) is 0 Å². The van der Waals surface area contributed by atoms with Crippen molar-refractivity contribution in [2.75, 3.05) is 13.7 Å². The summed E-state index contributed by atoms with van der Waals surface area (Å²) >= 11 is 0. The van der Waals surface area contributed by atoms with Crippen LogP contribution >= 0.6 is 0 Å². The first-order valence-electron chi connectivity index (χ1n) is 9.46. The highest BCUT2D eigenvalue weighted by Gasteiger charge is 2.30. The van der Waals surface area contributed by atoms with Gasteiger partial charge in [0.25, 0.3) is 10.1 Å². The number of benzene rings is 3. The Bertz CT molecular complexity index is 1170. The molecule has 156 valence electrons. The van der Waals surface area contributed by atoms with E-state index in [2.05, 4.69) is 0 Å². The minimum absolute atomic E-state index is 0.0947. The summed E-state index contributed by atoms with van der Waals surface area (Å²) in [5, 5.41) is 0. The molecule has 3 aromatic carbocycles. The summed E-state index contributed by atoms with van der Waals surface area (Å²) in [6, 6.07) is 16.4. The third-order valence-corrected chi connectivity index (χ3v) is 6.29. The topological polar surface area (TPSA) is 61.8 Å². The number of hydrogen-bond acceptors (Lipinski definition) is 5. The van der Waals surface area contributed by atoms with Crippen molar-refractivity contribution in [2.45, 2.75) is 24.3 Å². The lowest BCUT2D eigenvalue weighted by atomic mass is 9.99. The van der Waals surface area contributed by atoms with Gasteiger partial charge in [-0.3, -0.25) is 4.18 Å². The predicted octanol–water partition coefficient (Wildman–Crippen LogP) is 4.52.